The molecule has 1 fully saturated rings. The molecule has 5 rings (SSSR count). The van der Waals surface area contributed by atoms with E-state index in [-0.39, 0.29) is 16.6 Å². The van der Waals surface area contributed by atoms with Gasteiger partial charge in [-0.3, -0.25) is 14.7 Å². The molecule has 0 atom stereocenters. The molecule has 0 unspecified atom stereocenters. The SMILES string of the molecule is CCCCC#Cc1ccc(CN2CCN(C(=O)c3ccc(CS(=O)(=O)c4cccc5cccnc45)cc3)CC2)cc1. The van der Waals surface area contributed by atoms with Crippen LogP contribution in [0.25, 0.3) is 10.9 Å². The number of aromatic nitrogens is 1. The van der Waals surface area contributed by atoms with Gasteiger partial charge in [-0.1, -0.05) is 67.6 Å². The van der Waals surface area contributed by atoms with Gasteiger partial charge >= 0.3 is 0 Å². The molecule has 1 aliphatic heterocycles. The average Bonchev–Trinajstić information content (AvgIpc) is 3.00. The molecular weight excluding hydrogens is 530 g/mol. The molecule has 0 aliphatic carbocycles. The largest absolute Gasteiger partial charge is 0.336 e. The van der Waals surface area contributed by atoms with E-state index < -0.39 is 9.84 Å². The summed E-state index contributed by atoms with van der Waals surface area (Å²) in [5.41, 5.74) is 3.98. The predicted octanol–water partition coefficient (Wildman–Crippen LogP) is 5.71. The van der Waals surface area contributed by atoms with Crippen molar-refractivity contribution in [3.05, 3.63) is 107 Å². The molecule has 0 N–H and O–H groups in total. The van der Waals surface area contributed by atoms with Gasteiger partial charge in [0, 0.05) is 61.9 Å². The molecule has 1 amide bonds. The molecule has 210 valence electrons. The number of unbranched alkanes of at least 4 members (excludes halogenated alkanes) is 2. The number of carbonyl (C=O) groups excluding carboxylic acids is 1. The highest BCUT2D eigenvalue weighted by Gasteiger charge is 2.23. The monoisotopic (exact) mass is 565 g/mol. The molecule has 1 aliphatic rings. The van der Waals surface area contributed by atoms with Crippen molar-refractivity contribution in [3.63, 3.8) is 0 Å². The van der Waals surface area contributed by atoms with Gasteiger partial charge < -0.3 is 4.90 Å². The van der Waals surface area contributed by atoms with Gasteiger partial charge in [0.15, 0.2) is 9.84 Å². The third-order valence-electron chi connectivity index (χ3n) is 7.40. The number of sulfone groups is 1. The number of carbonyl (C=O) groups is 1. The zero-order chi connectivity index (χ0) is 28.7. The molecule has 0 saturated carbocycles. The first-order chi connectivity index (χ1) is 19.9. The average molecular weight is 566 g/mol. The Hall–Kier alpha value is -3.99. The van der Waals surface area contributed by atoms with Crippen LogP contribution in [-0.2, 0) is 22.1 Å². The molecule has 7 heteroatoms. The second kappa shape index (κ2) is 13.1. The lowest BCUT2D eigenvalue weighted by Gasteiger charge is -2.34. The van der Waals surface area contributed by atoms with E-state index in [2.05, 4.69) is 52.9 Å². The Balaban J connectivity index is 1.14. The van der Waals surface area contributed by atoms with Crippen molar-refractivity contribution >= 4 is 26.6 Å². The van der Waals surface area contributed by atoms with Gasteiger partial charge in [0.05, 0.1) is 16.2 Å². The maximum Gasteiger partial charge on any atom is 0.253 e. The molecule has 41 heavy (non-hydrogen) atoms. The van der Waals surface area contributed by atoms with Crippen LogP contribution in [0.2, 0.25) is 0 Å². The van der Waals surface area contributed by atoms with Crippen LogP contribution >= 0.6 is 0 Å². The molecule has 0 bridgehead atoms. The first-order valence-corrected chi connectivity index (χ1v) is 15.8. The summed E-state index contributed by atoms with van der Waals surface area (Å²) in [6, 6.07) is 24.2. The molecule has 3 aromatic carbocycles. The maximum absolute atomic E-state index is 13.2. The molecule has 2 heterocycles. The Bertz CT molecular complexity index is 1660. The fourth-order valence-electron chi connectivity index (χ4n) is 5.04. The minimum atomic E-state index is -3.60. The highest BCUT2D eigenvalue weighted by Crippen LogP contribution is 2.24. The topological polar surface area (TPSA) is 70.6 Å². The van der Waals surface area contributed by atoms with Gasteiger partial charge in [0.1, 0.15) is 0 Å². The van der Waals surface area contributed by atoms with Crippen LogP contribution in [0.3, 0.4) is 0 Å². The van der Waals surface area contributed by atoms with Gasteiger partial charge in [-0.25, -0.2) is 8.42 Å². The van der Waals surface area contributed by atoms with E-state index in [0.717, 1.165) is 49.8 Å². The molecule has 0 spiro atoms. The van der Waals surface area contributed by atoms with Crippen LogP contribution in [0.5, 0.6) is 0 Å². The van der Waals surface area contributed by atoms with E-state index in [1.807, 2.05) is 17.0 Å². The van der Waals surface area contributed by atoms with Crippen LogP contribution in [0.15, 0.2) is 90.0 Å². The number of benzene rings is 3. The summed E-state index contributed by atoms with van der Waals surface area (Å²) < 4.78 is 26.4. The lowest BCUT2D eigenvalue weighted by atomic mass is 10.1. The third-order valence-corrected chi connectivity index (χ3v) is 9.11. The van der Waals surface area contributed by atoms with Gasteiger partial charge in [0.2, 0.25) is 0 Å². The van der Waals surface area contributed by atoms with Crippen molar-refractivity contribution in [2.45, 2.75) is 43.4 Å². The van der Waals surface area contributed by atoms with Crippen LogP contribution < -0.4 is 0 Å². The van der Waals surface area contributed by atoms with E-state index in [0.29, 0.717) is 29.7 Å². The van der Waals surface area contributed by atoms with E-state index in [4.69, 9.17) is 0 Å². The van der Waals surface area contributed by atoms with Gasteiger partial charge in [-0.05, 0) is 53.9 Å². The molecule has 0 radical (unpaired) electrons. The van der Waals surface area contributed by atoms with Crippen molar-refractivity contribution in [1.82, 2.24) is 14.8 Å². The zero-order valence-corrected chi connectivity index (χ0v) is 24.2. The van der Waals surface area contributed by atoms with Gasteiger partial charge in [-0.15, -0.1) is 0 Å². The Kier molecular flexibility index (Phi) is 9.13. The molecule has 1 aromatic heterocycles. The number of rotatable bonds is 8. The number of para-hydroxylation sites is 1. The molecule has 4 aromatic rings. The smallest absolute Gasteiger partial charge is 0.253 e. The number of hydrogen-bond donors (Lipinski definition) is 0. The predicted molar refractivity (Wildman–Crippen MR) is 163 cm³/mol. The van der Waals surface area contributed by atoms with E-state index in [1.54, 1.807) is 48.7 Å². The third kappa shape index (κ3) is 7.21. The first-order valence-electron chi connectivity index (χ1n) is 14.2. The maximum atomic E-state index is 13.2. The Morgan fingerprint density at radius 3 is 2.32 bits per heavy atom. The fraction of sp³-hybridized carbons (Fsp3) is 0.294. The number of piperazine rings is 1. The normalized spacial score (nSPS) is 14.0. The standard InChI is InChI=1S/C34H35N3O3S/c1-2-3-4-5-8-27-12-14-28(15-13-27)25-36-21-23-37(24-22-36)34(38)31-18-16-29(17-19-31)26-41(39,40)32-11-6-9-30-10-7-20-35-33(30)32/h6-7,9-20H,2-4,21-26H2,1H3. The first kappa shape index (κ1) is 28.5. The quantitative estimate of drug-likeness (QED) is 0.202. The van der Waals surface area contributed by atoms with Crippen LogP contribution in [0.4, 0.5) is 0 Å². The van der Waals surface area contributed by atoms with Gasteiger partial charge in [-0.2, -0.15) is 0 Å². The van der Waals surface area contributed by atoms with E-state index >= 15 is 0 Å². The molecular formula is C34H35N3O3S. The number of nitrogens with zero attached hydrogens (tertiary/aromatic N) is 3. The van der Waals surface area contributed by atoms with Crippen LogP contribution in [-0.4, -0.2) is 55.3 Å². The Morgan fingerprint density at radius 2 is 1.59 bits per heavy atom. The van der Waals surface area contributed by atoms with Crippen molar-refractivity contribution in [1.29, 1.82) is 0 Å². The minimum absolute atomic E-state index is 0.0247. The number of amides is 1. The number of hydrogen-bond acceptors (Lipinski definition) is 5. The van der Waals surface area contributed by atoms with Crippen molar-refractivity contribution < 1.29 is 13.2 Å². The summed E-state index contributed by atoms with van der Waals surface area (Å²) in [4.78, 5) is 21.9. The minimum Gasteiger partial charge on any atom is -0.336 e. The molecule has 6 nitrogen and oxygen atoms in total. The van der Waals surface area contributed by atoms with Crippen LogP contribution in [0, 0.1) is 11.8 Å². The highest BCUT2D eigenvalue weighted by molar-refractivity contribution is 7.90. The van der Waals surface area contributed by atoms with Crippen molar-refractivity contribution in [3.8, 4) is 11.8 Å². The summed E-state index contributed by atoms with van der Waals surface area (Å²) in [6.45, 7) is 5.95. The summed E-state index contributed by atoms with van der Waals surface area (Å²) in [6.07, 6.45) is 4.85. The summed E-state index contributed by atoms with van der Waals surface area (Å²) in [7, 11) is -3.60. The summed E-state index contributed by atoms with van der Waals surface area (Å²) >= 11 is 0. The zero-order valence-electron chi connectivity index (χ0n) is 23.4. The summed E-state index contributed by atoms with van der Waals surface area (Å²) in [5, 5.41) is 0.788. The Labute approximate surface area is 242 Å². The van der Waals surface area contributed by atoms with Crippen LogP contribution in [0.1, 0.15) is 53.2 Å². The summed E-state index contributed by atoms with van der Waals surface area (Å²) in [5.74, 6) is 6.29. The number of pyridine rings is 1. The highest BCUT2D eigenvalue weighted by atomic mass is 32.2. The fourth-order valence-corrected chi connectivity index (χ4v) is 6.58. The lowest BCUT2D eigenvalue weighted by Crippen LogP contribution is -2.48. The second-order valence-electron chi connectivity index (χ2n) is 10.5. The van der Waals surface area contributed by atoms with E-state index in [9.17, 15) is 13.2 Å². The number of fused-ring (bicyclic) bond motifs is 1. The van der Waals surface area contributed by atoms with Gasteiger partial charge in [0.25, 0.3) is 5.91 Å². The van der Waals surface area contributed by atoms with Crippen molar-refractivity contribution in [2.75, 3.05) is 26.2 Å². The second-order valence-corrected chi connectivity index (χ2v) is 12.4. The molecule has 1 saturated heterocycles. The van der Waals surface area contributed by atoms with E-state index in [1.165, 1.54) is 5.56 Å². The Morgan fingerprint density at radius 1 is 0.878 bits per heavy atom. The lowest BCUT2D eigenvalue weighted by molar-refractivity contribution is 0.0628. The van der Waals surface area contributed by atoms with Crippen molar-refractivity contribution in [2.24, 2.45) is 0 Å².